The summed E-state index contributed by atoms with van der Waals surface area (Å²) in [5, 5.41) is 46.3. The molecule has 0 radical (unpaired) electrons. The largest absolute Gasteiger partial charge is 0.508 e. The monoisotopic (exact) mass is 810 g/mol. The van der Waals surface area contributed by atoms with Gasteiger partial charge in [0.15, 0.2) is 11.9 Å². The molecule has 304 valence electrons. The Kier molecular flexibility index (Phi) is 14.1. The number of hydrogen-bond acceptors (Lipinski definition) is 13. The Morgan fingerprint density at radius 1 is 0.982 bits per heavy atom. The Hall–Kier alpha value is -4.99. The maximum absolute atomic E-state index is 13.8. The minimum Gasteiger partial charge on any atom is -0.508 e. The number of phenolic OH excluding ortho intramolecular Hbond substituents is 1. The number of unbranched alkanes of at least 4 members (excludes halogenated alkanes) is 1. The normalized spacial score (nSPS) is 19.7. The van der Waals surface area contributed by atoms with Gasteiger partial charge in [0.25, 0.3) is 5.91 Å². The zero-order chi connectivity index (χ0) is 40.5. The molecule has 4 amide bonds. The highest BCUT2D eigenvalue weighted by atomic mass is 32.2. The van der Waals surface area contributed by atoms with E-state index < -0.39 is 53.3 Å². The number of amides is 4. The van der Waals surface area contributed by atoms with Crippen LogP contribution in [0.25, 0.3) is 0 Å². The second-order valence-corrected chi connectivity index (χ2v) is 14.3. The molecular formula is C35H41F3N6O11S. The van der Waals surface area contributed by atoms with E-state index in [0.29, 0.717) is 18.2 Å². The minimum absolute atomic E-state index is 0.0588. The van der Waals surface area contributed by atoms with Crippen molar-refractivity contribution in [2.24, 2.45) is 10.2 Å². The fourth-order valence-corrected chi connectivity index (χ4v) is 7.62. The third kappa shape index (κ3) is 10.9. The molecule has 2 fully saturated rings. The number of urea groups is 1. The number of aromatic hydroxyl groups is 1. The summed E-state index contributed by atoms with van der Waals surface area (Å²) >= 11 is 1.83. The molecule has 3 aliphatic rings. The number of Topliss-reactive ketones (excluding diaryl/α,β-unsaturated/α-hetero) is 1. The van der Waals surface area contributed by atoms with Crippen LogP contribution in [0.15, 0.2) is 46.6 Å². The lowest BCUT2D eigenvalue weighted by Gasteiger charge is -2.18. The van der Waals surface area contributed by atoms with Gasteiger partial charge in [-0.3, -0.25) is 14.4 Å². The van der Waals surface area contributed by atoms with E-state index in [1.165, 1.54) is 0 Å². The van der Waals surface area contributed by atoms with Gasteiger partial charge in [-0.25, -0.2) is 9.59 Å². The van der Waals surface area contributed by atoms with Crippen molar-refractivity contribution >= 4 is 47.0 Å². The first-order valence-electron chi connectivity index (χ1n) is 17.7. The number of nitrogens with one attached hydrogen (secondary N) is 4. The van der Waals surface area contributed by atoms with Gasteiger partial charge in [0.05, 0.1) is 49.8 Å². The molecule has 0 aromatic heterocycles. The van der Waals surface area contributed by atoms with E-state index in [1.807, 2.05) is 11.8 Å². The molecule has 0 aliphatic carbocycles. The molecule has 4 atom stereocenters. The van der Waals surface area contributed by atoms with E-state index in [2.05, 4.69) is 31.5 Å². The van der Waals surface area contributed by atoms with Crippen LogP contribution in [-0.4, -0.2) is 120 Å². The zero-order valence-electron chi connectivity index (χ0n) is 29.8. The summed E-state index contributed by atoms with van der Waals surface area (Å²) in [5.74, 6) is -3.42. The quantitative estimate of drug-likeness (QED) is 0.0393. The molecule has 0 saturated carbocycles. The van der Waals surface area contributed by atoms with Crippen molar-refractivity contribution in [3.63, 3.8) is 0 Å². The third-order valence-electron chi connectivity index (χ3n) is 9.05. The molecule has 2 aromatic carbocycles. The highest BCUT2D eigenvalue weighted by molar-refractivity contribution is 8.00. The maximum Gasteiger partial charge on any atom is 0.442 e. The van der Waals surface area contributed by atoms with Crippen LogP contribution in [0.1, 0.15) is 58.4 Å². The number of rotatable bonds is 22. The first-order chi connectivity index (χ1) is 26.7. The van der Waals surface area contributed by atoms with Crippen LogP contribution in [0.3, 0.4) is 0 Å². The van der Waals surface area contributed by atoms with Gasteiger partial charge in [-0.1, -0.05) is 12.5 Å². The summed E-state index contributed by atoms with van der Waals surface area (Å²) in [4.78, 5) is 60.8. The number of carboxylic acids is 1. The number of anilines is 1. The van der Waals surface area contributed by atoms with E-state index in [0.717, 1.165) is 61.4 Å². The smallest absolute Gasteiger partial charge is 0.442 e. The lowest BCUT2D eigenvalue weighted by molar-refractivity contribution is -0.166. The van der Waals surface area contributed by atoms with Gasteiger partial charge < -0.3 is 50.8 Å². The number of carbonyl (C=O) groups is 5. The van der Waals surface area contributed by atoms with E-state index in [1.54, 1.807) is 0 Å². The number of nitrogens with zero attached hydrogens (tertiary/aromatic N) is 2. The molecule has 3 aliphatic heterocycles. The number of carboxylic acid groups (broad SMARTS) is 1. The van der Waals surface area contributed by atoms with E-state index in [9.17, 15) is 47.4 Å². The number of ketones is 1. The van der Waals surface area contributed by atoms with Crippen LogP contribution in [0.4, 0.5) is 23.7 Å². The van der Waals surface area contributed by atoms with Gasteiger partial charge >= 0.3 is 23.8 Å². The number of hydrogen-bond donors (Lipinski definition) is 7. The first kappa shape index (κ1) is 42.2. The molecular weight excluding hydrogens is 769 g/mol. The number of carbonyl (C=O) groups excluding carboxylic acids is 4. The Morgan fingerprint density at radius 2 is 1.71 bits per heavy atom. The van der Waals surface area contributed by atoms with Crippen molar-refractivity contribution in [2.75, 3.05) is 50.6 Å². The summed E-state index contributed by atoms with van der Waals surface area (Å²) < 4.78 is 57.9. The number of alkyl halides is 3. The summed E-state index contributed by atoms with van der Waals surface area (Å²) in [6.45, 7) is 0.541. The Bertz CT molecular complexity index is 1810. The molecule has 17 nitrogen and oxygen atoms in total. The molecule has 2 aromatic rings. The van der Waals surface area contributed by atoms with Crippen molar-refractivity contribution in [3.05, 3.63) is 53.1 Å². The van der Waals surface area contributed by atoms with Gasteiger partial charge in [-0.15, -0.1) is 10.2 Å². The van der Waals surface area contributed by atoms with Gasteiger partial charge in [0.2, 0.25) is 5.91 Å². The molecule has 5 rings (SSSR count). The van der Waals surface area contributed by atoms with Crippen LogP contribution in [0, 0.1) is 0 Å². The van der Waals surface area contributed by atoms with Gasteiger partial charge in [-0.2, -0.15) is 24.9 Å². The highest BCUT2D eigenvalue weighted by Gasteiger charge is 2.65. The molecule has 56 heavy (non-hydrogen) atoms. The average Bonchev–Trinajstić information content (AvgIpc) is 3.79. The van der Waals surface area contributed by atoms with Crippen molar-refractivity contribution in [1.82, 2.24) is 16.0 Å². The topological polar surface area (TPSA) is 247 Å². The number of fused-ring (bicyclic) bond motifs is 1. The number of aliphatic carboxylic acids is 1. The summed E-state index contributed by atoms with van der Waals surface area (Å²) in [6, 6.07) is 6.44. The minimum atomic E-state index is -4.87. The van der Waals surface area contributed by atoms with Crippen molar-refractivity contribution < 1.29 is 66.7 Å². The van der Waals surface area contributed by atoms with Crippen molar-refractivity contribution in [3.8, 4) is 11.5 Å². The third-order valence-corrected chi connectivity index (χ3v) is 10.6. The summed E-state index contributed by atoms with van der Waals surface area (Å²) in [7, 11) is 0. The number of benzene rings is 2. The van der Waals surface area contributed by atoms with E-state index in [-0.39, 0.29) is 79.6 Å². The molecule has 21 heteroatoms. The molecule has 7 N–H and O–H groups in total. The Morgan fingerprint density at radius 3 is 2.43 bits per heavy atom. The fourth-order valence-electron chi connectivity index (χ4n) is 6.08. The zero-order valence-corrected chi connectivity index (χ0v) is 30.6. The van der Waals surface area contributed by atoms with Crippen LogP contribution >= 0.6 is 11.8 Å². The lowest BCUT2D eigenvalue weighted by Crippen LogP contribution is -2.36. The average molecular weight is 811 g/mol. The van der Waals surface area contributed by atoms with Crippen LogP contribution < -0.4 is 26.0 Å². The number of thioether (sulfide) groups is 1. The van der Waals surface area contributed by atoms with Gasteiger partial charge in [-0.05, 0) is 43.2 Å². The predicted molar refractivity (Wildman–Crippen MR) is 192 cm³/mol. The van der Waals surface area contributed by atoms with Gasteiger partial charge in [0, 0.05) is 41.5 Å². The Balaban J connectivity index is 1.05. The van der Waals surface area contributed by atoms with E-state index in [4.69, 9.17) is 19.3 Å². The highest BCUT2D eigenvalue weighted by Crippen LogP contribution is 2.53. The first-order valence-corrected chi connectivity index (χ1v) is 18.7. The van der Waals surface area contributed by atoms with Gasteiger partial charge in [0.1, 0.15) is 18.1 Å². The number of aliphatic hydroxyl groups is 1. The maximum atomic E-state index is 13.8. The molecule has 2 unspecified atom stereocenters. The molecule has 2 saturated heterocycles. The lowest BCUT2D eigenvalue weighted by atomic mass is 9.99. The Labute approximate surface area is 322 Å². The summed E-state index contributed by atoms with van der Waals surface area (Å²) in [5.41, 5.74) is -4.00. The molecule has 3 heterocycles. The number of ether oxygens (including phenoxy) is 3. The van der Waals surface area contributed by atoms with Crippen molar-refractivity contribution in [1.29, 1.82) is 0 Å². The van der Waals surface area contributed by atoms with Crippen LogP contribution in [-0.2, 0) is 24.7 Å². The van der Waals surface area contributed by atoms with E-state index >= 15 is 0 Å². The SMILES string of the molecule is O=C(CCCC[C@@H]1SCC2NC(=O)NC21)NCCOCCOCCOc1cc(C2(C(F)(F)F)N=N2)ccc1C(=O)Nc1ccc(O)cc1C(=O)C[C@H](O)C(=O)O. The predicted octanol–water partition coefficient (Wildman–Crippen LogP) is 3.10. The second-order valence-electron chi connectivity index (χ2n) is 13.0. The molecule has 0 bridgehead atoms. The number of halogens is 3. The fraction of sp³-hybridized carbons (Fsp3) is 0.514. The van der Waals surface area contributed by atoms with Crippen LogP contribution in [0.5, 0.6) is 11.5 Å². The summed E-state index contributed by atoms with van der Waals surface area (Å²) in [6.07, 6.45) is -4.90. The van der Waals surface area contributed by atoms with Crippen molar-refractivity contribution in [2.45, 2.75) is 67.4 Å². The standard InChI is InChI=1S/C35H41F3N6O11S/c36-35(37,38)34(43-44-34)19-5-7-21(31(49)40-23-8-6-20(45)16-22(23)25(46)17-26(47)32(50)51)27(15-19)55-14-13-54-12-11-53-10-9-39-29(48)4-2-1-3-28-30-24(18-56-28)41-33(52)42-30/h5-8,15-16,24,26,28,30,45,47H,1-4,9-14,17-18H2,(H,39,48)(H,40,49)(H,50,51)(H2,41,42,52)/t24?,26-,28-,30?/m0/s1. The van der Waals surface area contributed by atoms with Crippen LogP contribution in [0.2, 0.25) is 0 Å². The number of aliphatic hydroxyl groups excluding tert-OH is 1. The number of phenols is 1. The molecule has 0 spiro atoms. The second kappa shape index (κ2) is 18.8.